The maximum atomic E-state index is 11.8. The van der Waals surface area contributed by atoms with Gasteiger partial charge in [0.25, 0.3) is 0 Å². The standard InChI is InChI=1S/C10H10ClF3O2S/c11-8-2-1-3-9(7(8)6-15)16-4-5-17-10(12,13)14/h1-3,15H,4-6H2. The number of thioether (sulfide) groups is 1. The number of halogens is 4. The third-order valence-electron chi connectivity index (χ3n) is 1.84. The van der Waals surface area contributed by atoms with Crippen molar-refractivity contribution in [1.82, 2.24) is 0 Å². The fourth-order valence-corrected chi connectivity index (χ4v) is 1.76. The summed E-state index contributed by atoms with van der Waals surface area (Å²) in [5.74, 6) is 0.101. The van der Waals surface area contributed by atoms with Crippen molar-refractivity contribution in [2.24, 2.45) is 0 Å². The molecule has 17 heavy (non-hydrogen) atoms. The Labute approximate surface area is 106 Å². The molecule has 1 aromatic carbocycles. The van der Waals surface area contributed by atoms with Crippen molar-refractivity contribution in [3.63, 3.8) is 0 Å². The highest BCUT2D eigenvalue weighted by Gasteiger charge is 2.27. The van der Waals surface area contributed by atoms with Gasteiger partial charge in [-0.1, -0.05) is 17.7 Å². The molecule has 7 heteroatoms. The van der Waals surface area contributed by atoms with Crippen LogP contribution in [-0.4, -0.2) is 23.0 Å². The van der Waals surface area contributed by atoms with Crippen LogP contribution in [0.4, 0.5) is 13.2 Å². The van der Waals surface area contributed by atoms with Gasteiger partial charge in [-0.3, -0.25) is 0 Å². The molecule has 1 aromatic rings. The summed E-state index contributed by atoms with van der Waals surface area (Å²) in [6.07, 6.45) is 0. The number of ether oxygens (including phenoxy) is 1. The van der Waals surface area contributed by atoms with E-state index in [1.165, 1.54) is 0 Å². The molecule has 0 fully saturated rings. The maximum absolute atomic E-state index is 11.8. The molecule has 0 spiro atoms. The molecule has 2 nitrogen and oxygen atoms in total. The van der Waals surface area contributed by atoms with Crippen LogP contribution < -0.4 is 4.74 Å². The Bertz CT molecular complexity index is 371. The minimum absolute atomic E-state index is 0.0997. The van der Waals surface area contributed by atoms with Gasteiger partial charge >= 0.3 is 5.51 Å². The average molecular weight is 287 g/mol. The third kappa shape index (κ3) is 5.06. The van der Waals surface area contributed by atoms with Gasteiger partial charge in [-0.2, -0.15) is 13.2 Å². The van der Waals surface area contributed by atoms with Gasteiger partial charge < -0.3 is 9.84 Å². The van der Waals surface area contributed by atoms with Crippen molar-refractivity contribution >= 4 is 23.4 Å². The average Bonchev–Trinajstić information content (AvgIpc) is 2.23. The van der Waals surface area contributed by atoms with Crippen LogP contribution in [0.1, 0.15) is 5.56 Å². The lowest BCUT2D eigenvalue weighted by molar-refractivity contribution is -0.0329. The molecule has 0 aliphatic heterocycles. The van der Waals surface area contributed by atoms with Crippen LogP contribution in [-0.2, 0) is 6.61 Å². The van der Waals surface area contributed by atoms with Crippen molar-refractivity contribution in [3.8, 4) is 5.75 Å². The lowest BCUT2D eigenvalue weighted by Crippen LogP contribution is -2.08. The summed E-state index contributed by atoms with van der Waals surface area (Å²) in [6.45, 7) is -0.418. The van der Waals surface area contributed by atoms with E-state index in [0.29, 0.717) is 16.3 Å². The van der Waals surface area contributed by atoms with Crippen molar-refractivity contribution < 1.29 is 23.0 Å². The van der Waals surface area contributed by atoms with Crippen LogP contribution in [0.25, 0.3) is 0 Å². The van der Waals surface area contributed by atoms with Crippen LogP contribution in [0.15, 0.2) is 18.2 Å². The van der Waals surface area contributed by atoms with E-state index in [2.05, 4.69) is 0 Å². The van der Waals surface area contributed by atoms with Crippen LogP contribution in [0.3, 0.4) is 0 Å². The smallest absolute Gasteiger partial charge is 0.441 e. The quantitative estimate of drug-likeness (QED) is 0.841. The second kappa shape index (κ2) is 6.37. The van der Waals surface area contributed by atoms with Crippen LogP contribution in [0.5, 0.6) is 5.75 Å². The topological polar surface area (TPSA) is 29.5 Å². The molecule has 0 heterocycles. The molecule has 96 valence electrons. The van der Waals surface area contributed by atoms with E-state index in [1.54, 1.807) is 18.2 Å². The molecule has 0 radical (unpaired) electrons. The van der Waals surface area contributed by atoms with Gasteiger partial charge in [-0.15, -0.1) is 0 Å². The number of hydrogen-bond acceptors (Lipinski definition) is 3. The molecule has 1 N–H and O–H groups in total. The molecule has 0 aromatic heterocycles. The molecule has 0 amide bonds. The SMILES string of the molecule is OCc1c(Cl)cccc1OCCSC(F)(F)F. The minimum Gasteiger partial charge on any atom is -0.492 e. The zero-order valence-corrected chi connectivity index (χ0v) is 10.2. The molecule has 0 aliphatic carbocycles. The van der Waals surface area contributed by atoms with Crippen molar-refractivity contribution in [2.75, 3.05) is 12.4 Å². The first-order chi connectivity index (χ1) is 7.94. The fraction of sp³-hybridized carbons (Fsp3) is 0.400. The summed E-state index contributed by atoms with van der Waals surface area (Å²) in [5.41, 5.74) is -3.87. The predicted molar refractivity (Wildman–Crippen MR) is 61.4 cm³/mol. The van der Waals surface area contributed by atoms with Crippen molar-refractivity contribution in [1.29, 1.82) is 0 Å². The Balaban J connectivity index is 2.49. The normalized spacial score (nSPS) is 11.6. The molecule has 0 atom stereocenters. The Morgan fingerprint density at radius 1 is 1.35 bits per heavy atom. The molecule has 0 saturated carbocycles. The summed E-state index contributed by atoms with van der Waals surface area (Å²) in [6, 6.07) is 4.73. The molecular weight excluding hydrogens is 277 g/mol. The van der Waals surface area contributed by atoms with Gasteiger partial charge in [-0.05, 0) is 23.9 Å². The molecule has 0 saturated heterocycles. The fourth-order valence-electron chi connectivity index (χ4n) is 1.14. The van der Waals surface area contributed by atoms with Gasteiger partial charge in [0.15, 0.2) is 0 Å². The third-order valence-corrected chi connectivity index (χ3v) is 2.89. The van der Waals surface area contributed by atoms with Gasteiger partial charge in [-0.25, -0.2) is 0 Å². The van der Waals surface area contributed by atoms with Gasteiger partial charge in [0.1, 0.15) is 5.75 Å². The number of hydrogen-bond donors (Lipinski definition) is 1. The lowest BCUT2D eigenvalue weighted by atomic mass is 10.2. The van der Waals surface area contributed by atoms with E-state index in [0.717, 1.165) is 0 Å². The Kier molecular flexibility index (Phi) is 5.42. The maximum Gasteiger partial charge on any atom is 0.441 e. The van der Waals surface area contributed by atoms with Crippen LogP contribution >= 0.6 is 23.4 Å². The van der Waals surface area contributed by atoms with E-state index in [-0.39, 0.29) is 30.7 Å². The highest BCUT2D eigenvalue weighted by molar-refractivity contribution is 8.00. The number of rotatable bonds is 5. The first-order valence-corrected chi connectivity index (χ1v) is 6.02. The zero-order valence-electron chi connectivity index (χ0n) is 8.63. The van der Waals surface area contributed by atoms with Crippen molar-refractivity contribution in [2.45, 2.75) is 12.1 Å². The monoisotopic (exact) mass is 286 g/mol. The molecular formula is C10H10ClF3O2S. The van der Waals surface area contributed by atoms with E-state index >= 15 is 0 Å². The van der Waals surface area contributed by atoms with E-state index in [1.807, 2.05) is 0 Å². The molecule has 0 bridgehead atoms. The number of alkyl halides is 3. The summed E-state index contributed by atoms with van der Waals surface area (Å²) in [5, 5.41) is 9.36. The minimum atomic E-state index is -4.25. The Morgan fingerprint density at radius 3 is 2.65 bits per heavy atom. The van der Waals surface area contributed by atoms with E-state index in [4.69, 9.17) is 21.4 Å². The van der Waals surface area contributed by atoms with E-state index in [9.17, 15) is 13.2 Å². The highest BCUT2D eigenvalue weighted by Crippen LogP contribution is 2.30. The van der Waals surface area contributed by atoms with Gasteiger partial charge in [0.05, 0.1) is 13.2 Å². The second-order valence-electron chi connectivity index (χ2n) is 3.02. The van der Waals surface area contributed by atoms with Crippen molar-refractivity contribution in [3.05, 3.63) is 28.8 Å². The largest absolute Gasteiger partial charge is 0.492 e. The number of aliphatic hydroxyl groups excluding tert-OH is 1. The number of benzene rings is 1. The summed E-state index contributed by atoms with van der Waals surface area (Å²) in [7, 11) is 0. The number of aliphatic hydroxyl groups is 1. The first-order valence-electron chi connectivity index (χ1n) is 4.66. The van der Waals surface area contributed by atoms with Gasteiger partial charge in [0, 0.05) is 16.3 Å². The Hall–Kier alpha value is -0.590. The van der Waals surface area contributed by atoms with Crippen LogP contribution in [0, 0.1) is 0 Å². The Morgan fingerprint density at radius 2 is 2.06 bits per heavy atom. The lowest BCUT2D eigenvalue weighted by Gasteiger charge is -2.11. The first kappa shape index (κ1) is 14.5. The predicted octanol–water partition coefficient (Wildman–Crippen LogP) is 3.46. The van der Waals surface area contributed by atoms with Crippen LogP contribution in [0.2, 0.25) is 5.02 Å². The summed E-state index contributed by atoms with van der Waals surface area (Å²) >= 11 is 5.64. The van der Waals surface area contributed by atoms with E-state index < -0.39 is 5.51 Å². The molecule has 0 aliphatic rings. The zero-order chi connectivity index (χ0) is 12.9. The highest BCUT2D eigenvalue weighted by atomic mass is 35.5. The summed E-state index contributed by atoms with van der Waals surface area (Å²) in [4.78, 5) is 0. The molecule has 0 unspecified atom stereocenters. The summed E-state index contributed by atoms with van der Waals surface area (Å²) < 4.78 is 40.7. The second-order valence-corrected chi connectivity index (χ2v) is 4.58. The molecule has 1 rings (SSSR count). The van der Waals surface area contributed by atoms with Gasteiger partial charge in [0.2, 0.25) is 0 Å².